The third-order valence-electron chi connectivity index (χ3n) is 3.00. The second-order valence-corrected chi connectivity index (χ2v) is 4.32. The molecule has 2 aromatic heterocycles. The van der Waals surface area contributed by atoms with Crippen molar-refractivity contribution in [2.24, 2.45) is 0 Å². The molecule has 1 saturated heterocycles. The minimum Gasteiger partial charge on any atom is -0.396 e. The molecule has 0 spiro atoms. The van der Waals surface area contributed by atoms with Crippen molar-refractivity contribution in [1.29, 1.82) is 0 Å². The third-order valence-corrected chi connectivity index (χ3v) is 3.00. The molecular weight excluding hydrogens is 202 g/mol. The molecule has 0 amide bonds. The number of hydrogen-bond donors (Lipinski definition) is 2. The van der Waals surface area contributed by atoms with Crippen LogP contribution in [0.5, 0.6) is 0 Å². The predicted octanol–water partition coefficient (Wildman–Crippen LogP) is 0.606. The van der Waals surface area contributed by atoms with Gasteiger partial charge in [-0.2, -0.15) is 0 Å². The summed E-state index contributed by atoms with van der Waals surface area (Å²) < 4.78 is 1.89. The molecule has 16 heavy (non-hydrogen) atoms. The van der Waals surface area contributed by atoms with Crippen molar-refractivity contribution in [3.8, 4) is 0 Å². The average molecular weight is 217 g/mol. The van der Waals surface area contributed by atoms with E-state index in [0.29, 0.717) is 11.7 Å². The number of nitrogen functional groups attached to an aromatic ring is 1. The Kier molecular flexibility index (Phi) is 2.25. The number of nitrogens with zero attached hydrogens (tertiary/aromatic N) is 3. The number of rotatable bonds is 2. The SMILES string of the molecule is Nc1cnc2nc(CC3CCCN3)cn2c1. The van der Waals surface area contributed by atoms with Gasteiger partial charge in [-0.3, -0.25) is 4.40 Å². The van der Waals surface area contributed by atoms with Crippen molar-refractivity contribution < 1.29 is 0 Å². The second-order valence-electron chi connectivity index (χ2n) is 4.32. The summed E-state index contributed by atoms with van der Waals surface area (Å²) in [6, 6.07) is 0.572. The van der Waals surface area contributed by atoms with Crippen LogP contribution in [0.4, 0.5) is 5.69 Å². The highest BCUT2D eigenvalue weighted by molar-refractivity contribution is 5.40. The lowest BCUT2D eigenvalue weighted by Gasteiger charge is -2.06. The zero-order valence-corrected chi connectivity index (χ0v) is 9.06. The Morgan fingerprint density at radius 1 is 1.50 bits per heavy atom. The van der Waals surface area contributed by atoms with Crippen LogP contribution in [-0.2, 0) is 6.42 Å². The summed E-state index contributed by atoms with van der Waals surface area (Å²) in [5, 5.41) is 3.47. The summed E-state index contributed by atoms with van der Waals surface area (Å²) in [7, 11) is 0. The minimum atomic E-state index is 0.572. The summed E-state index contributed by atoms with van der Waals surface area (Å²) in [6.45, 7) is 1.13. The van der Waals surface area contributed by atoms with Gasteiger partial charge in [0.2, 0.25) is 5.78 Å². The zero-order chi connectivity index (χ0) is 11.0. The highest BCUT2D eigenvalue weighted by Gasteiger charge is 2.16. The van der Waals surface area contributed by atoms with Crippen LogP contribution >= 0.6 is 0 Å². The molecule has 3 N–H and O–H groups in total. The smallest absolute Gasteiger partial charge is 0.234 e. The fraction of sp³-hybridized carbons (Fsp3) is 0.455. The Balaban J connectivity index is 1.86. The summed E-state index contributed by atoms with van der Waals surface area (Å²) >= 11 is 0. The lowest BCUT2D eigenvalue weighted by molar-refractivity contribution is 0.597. The Morgan fingerprint density at radius 3 is 3.25 bits per heavy atom. The van der Waals surface area contributed by atoms with Crippen molar-refractivity contribution >= 4 is 11.5 Å². The van der Waals surface area contributed by atoms with E-state index in [1.165, 1.54) is 12.8 Å². The van der Waals surface area contributed by atoms with E-state index in [-0.39, 0.29) is 0 Å². The number of aromatic nitrogens is 3. The molecule has 1 aliphatic rings. The van der Waals surface area contributed by atoms with Gasteiger partial charge in [0.05, 0.1) is 17.6 Å². The van der Waals surface area contributed by atoms with E-state index in [1.54, 1.807) is 6.20 Å². The molecule has 1 unspecified atom stereocenters. The molecule has 0 bridgehead atoms. The molecule has 3 rings (SSSR count). The summed E-state index contributed by atoms with van der Waals surface area (Å²) in [4.78, 5) is 8.66. The molecule has 1 atom stereocenters. The van der Waals surface area contributed by atoms with E-state index in [2.05, 4.69) is 15.3 Å². The molecule has 0 aliphatic carbocycles. The van der Waals surface area contributed by atoms with Crippen molar-refractivity contribution in [1.82, 2.24) is 19.7 Å². The second kappa shape index (κ2) is 3.75. The molecule has 1 aliphatic heterocycles. The number of hydrogen-bond acceptors (Lipinski definition) is 4. The fourth-order valence-corrected chi connectivity index (χ4v) is 2.23. The lowest BCUT2D eigenvalue weighted by Crippen LogP contribution is -2.23. The third kappa shape index (κ3) is 1.74. The monoisotopic (exact) mass is 217 g/mol. The Labute approximate surface area is 93.7 Å². The predicted molar refractivity (Wildman–Crippen MR) is 62.1 cm³/mol. The topological polar surface area (TPSA) is 68.2 Å². The molecule has 2 aromatic rings. The van der Waals surface area contributed by atoms with E-state index in [4.69, 9.17) is 5.73 Å². The van der Waals surface area contributed by atoms with Crippen LogP contribution in [0.1, 0.15) is 18.5 Å². The largest absolute Gasteiger partial charge is 0.396 e. The van der Waals surface area contributed by atoms with Crippen LogP contribution in [0, 0.1) is 0 Å². The van der Waals surface area contributed by atoms with Gasteiger partial charge >= 0.3 is 0 Å². The summed E-state index contributed by atoms with van der Waals surface area (Å²) in [6.07, 6.45) is 8.98. The van der Waals surface area contributed by atoms with Crippen LogP contribution in [0.3, 0.4) is 0 Å². The fourth-order valence-electron chi connectivity index (χ4n) is 2.23. The van der Waals surface area contributed by atoms with Gasteiger partial charge in [0.1, 0.15) is 0 Å². The van der Waals surface area contributed by atoms with Gasteiger partial charge in [0.15, 0.2) is 0 Å². The molecule has 3 heterocycles. The molecule has 84 valence electrons. The molecule has 0 saturated carbocycles. The first-order valence-corrected chi connectivity index (χ1v) is 5.64. The molecule has 5 heteroatoms. The van der Waals surface area contributed by atoms with Gasteiger partial charge in [0.25, 0.3) is 0 Å². The lowest BCUT2D eigenvalue weighted by atomic mass is 10.1. The number of nitrogens with two attached hydrogens (primary N) is 1. The van der Waals surface area contributed by atoms with Gasteiger partial charge in [-0.05, 0) is 19.4 Å². The zero-order valence-electron chi connectivity index (χ0n) is 9.06. The van der Waals surface area contributed by atoms with Crippen molar-refractivity contribution in [2.75, 3.05) is 12.3 Å². The Bertz CT molecular complexity index is 498. The number of anilines is 1. The van der Waals surface area contributed by atoms with Crippen molar-refractivity contribution in [3.05, 3.63) is 24.3 Å². The van der Waals surface area contributed by atoms with Crippen LogP contribution in [0.15, 0.2) is 18.6 Å². The minimum absolute atomic E-state index is 0.572. The van der Waals surface area contributed by atoms with Gasteiger partial charge in [-0.1, -0.05) is 0 Å². The molecule has 0 radical (unpaired) electrons. The molecule has 1 fully saturated rings. The van der Waals surface area contributed by atoms with Gasteiger partial charge in [-0.15, -0.1) is 0 Å². The van der Waals surface area contributed by atoms with Gasteiger partial charge in [-0.25, -0.2) is 9.97 Å². The first kappa shape index (κ1) is 9.59. The van der Waals surface area contributed by atoms with Crippen LogP contribution in [0.25, 0.3) is 5.78 Å². The van der Waals surface area contributed by atoms with E-state index >= 15 is 0 Å². The van der Waals surface area contributed by atoms with Crippen molar-refractivity contribution in [3.63, 3.8) is 0 Å². The van der Waals surface area contributed by atoms with Crippen molar-refractivity contribution in [2.45, 2.75) is 25.3 Å². The van der Waals surface area contributed by atoms with E-state index in [0.717, 1.165) is 24.4 Å². The van der Waals surface area contributed by atoms with E-state index in [1.807, 2.05) is 16.8 Å². The maximum Gasteiger partial charge on any atom is 0.234 e. The van der Waals surface area contributed by atoms with Crippen LogP contribution in [-0.4, -0.2) is 27.0 Å². The molecular formula is C11H15N5. The number of imidazole rings is 1. The van der Waals surface area contributed by atoms with E-state index in [9.17, 15) is 0 Å². The first-order chi connectivity index (χ1) is 7.81. The normalized spacial score (nSPS) is 20.6. The number of nitrogens with one attached hydrogen (secondary N) is 1. The maximum atomic E-state index is 5.67. The Morgan fingerprint density at radius 2 is 2.44 bits per heavy atom. The summed E-state index contributed by atoms with van der Waals surface area (Å²) in [5.74, 6) is 0.724. The average Bonchev–Trinajstić information content (AvgIpc) is 2.86. The maximum absolute atomic E-state index is 5.67. The van der Waals surface area contributed by atoms with Gasteiger partial charge in [0, 0.05) is 24.9 Å². The Hall–Kier alpha value is -1.62. The van der Waals surface area contributed by atoms with Gasteiger partial charge < -0.3 is 11.1 Å². The summed E-state index contributed by atoms with van der Waals surface area (Å²) in [5.41, 5.74) is 7.42. The van der Waals surface area contributed by atoms with E-state index < -0.39 is 0 Å². The molecule has 0 aromatic carbocycles. The highest BCUT2D eigenvalue weighted by atomic mass is 15.1. The standard InChI is InChI=1S/C11H15N5/c12-8-5-14-11-15-10(7-16(11)6-8)4-9-2-1-3-13-9/h5-7,9,13H,1-4,12H2. The molecule has 5 nitrogen and oxygen atoms in total. The quantitative estimate of drug-likeness (QED) is 0.773. The first-order valence-electron chi connectivity index (χ1n) is 5.64. The number of fused-ring (bicyclic) bond motifs is 1. The van der Waals surface area contributed by atoms with Crippen LogP contribution < -0.4 is 11.1 Å². The van der Waals surface area contributed by atoms with Crippen LogP contribution in [0.2, 0.25) is 0 Å². The highest BCUT2D eigenvalue weighted by Crippen LogP contribution is 2.12.